The second-order valence-corrected chi connectivity index (χ2v) is 4.41. The van der Waals surface area contributed by atoms with Gasteiger partial charge in [-0.05, 0) is 42.2 Å². The van der Waals surface area contributed by atoms with Crippen LogP contribution in [0.25, 0.3) is 6.08 Å². The van der Waals surface area contributed by atoms with E-state index in [0.29, 0.717) is 5.78 Å². The number of benzene rings is 1. The van der Waals surface area contributed by atoms with Crippen molar-refractivity contribution in [2.75, 3.05) is 0 Å². The minimum absolute atomic E-state index is 0.313. The Labute approximate surface area is 92.0 Å². The SMILES string of the molecule is O=C1CCC/C1=C/c1ccc(Br)cc1. The molecule has 0 spiro atoms. The van der Waals surface area contributed by atoms with Crippen molar-refractivity contribution in [1.29, 1.82) is 0 Å². The van der Waals surface area contributed by atoms with Gasteiger partial charge in [-0.15, -0.1) is 0 Å². The molecule has 1 aliphatic rings. The van der Waals surface area contributed by atoms with Gasteiger partial charge in [-0.2, -0.15) is 0 Å². The first kappa shape index (κ1) is 9.66. The van der Waals surface area contributed by atoms with E-state index in [1.165, 1.54) is 0 Å². The van der Waals surface area contributed by atoms with E-state index in [0.717, 1.165) is 34.9 Å². The van der Waals surface area contributed by atoms with Crippen LogP contribution in [0.2, 0.25) is 0 Å². The minimum Gasteiger partial charge on any atom is -0.295 e. The van der Waals surface area contributed by atoms with Gasteiger partial charge in [0.15, 0.2) is 5.78 Å². The summed E-state index contributed by atoms with van der Waals surface area (Å²) < 4.78 is 1.07. The topological polar surface area (TPSA) is 17.1 Å². The summed E-state index contributed by atoms with van der Waals surface area (Å²) in [5.74, 6) is 0.313. The summed E-state index contributed by atoms with van der Waals surface area (Å²) in [5, 5.41) is 0. The Hall–Kier alpha value is -0.890. The fourth-order valence-corrected chi connectivity index (χ4v) is 1.92. The van der Waals surface area contributed by atoms with Crippen LogP contribution in [-0.4, -0.2) is 5.78 Å². The van der Waals surface area contributed by atoms with Crippen LogP contribution in [-0.2, 0) is 4.79 Å². The van der Waals surface area contributed by atoms with Gasteiger partial charge in [0.1, 0.15) is 0 Å². The molecule has 2 heteroatoms. The molecule has 72 valence electrons. The average molecular weight is 251 g/mol. The largest absolute Gasteiger partial charge is 0.295 e. The van der Waals surface area contributed by atoms with E-state index < -0.39 is 0 Å². The predicted molar refractivity (Wildman–Crippen MR) is 61.0 cm³/mol. The van der Waals surface area contributed by atoms with Gasteiger partial charge in [-0.3, -0.25) is 4.79 Å². The lowest BCUT2D eigenvalue weighted by Crippen LogP contribution is -1.90. The molecule has 1 fully saturated rings. The summed E-state index contributed by atoms with van der Waals surface area (Å²) in [6.07, 6.45) is 4.68. The number of ketones is 1. The second kappa shape index (κ2) is 4.09. The smallest absolute Gasteiger partial charge is 0.158 e. The Morgan fingerprint density at radius 2 is 1.86 bits per heavy atom. The minimum atomic E-state index is 0.313. The molecule has 14 heavy (non-hydrogen) atoms. The standard InChI is InChI=1S/C12H11BrO/c13-11-6-4-9(5-7-11)8-10-2-1-3-12(10)14/h4-8H,1-3H2/b10-8-. The lowest BCUT2D eigenvalue weighted by atomic mass is 10.1. The Morgan fingerprint density at radius 3 is 2.43 bits per heavy atom. The molecule has 1 aliphatic carbocycles. The van der Waals surface area contributed by atoms with Crippen LogP contribution in [0.4, 0.5) is 0 Å². The van der Waals surface area contributed by atoms with Crippen molar-refractivity contribution in [2.24, 2.45) is 0 Å². The Balaban J connectivity index is 2.24. The number of hydrogen-bond acceptors (Lipinski definition) is 1. The first-order chi connectivity index (χ1) is 6.75. The molecule has 0 atom stereocenters. The zero-order valence-electron chi connectivity index (χ0n) is 7.79. The third-order valence-electron chi connectivity index (χ3n) is 2.42. The molecule has 1 nitrogen and oxygen atoms in total. The molecule has 0 heterocycles. The molecule has 0 N–H and O–H groups in total. The van der Waals surface area contributed by atoms with E-state index in [4.69, 9.17) is 0 Å². The molecular formula is C12H11BrO. The van der Waals surface area contributed by atoms with E-state index in [-0.39, 0.29) is 0 Å². The fraction of sp³-hybridized carbons (Fsp3) is 0.250. The molecule has 0 aliphatic heterocycles. The van der Waals surface area contributed by atoms with Crippen LogP contribution < -0.4 is 0 Å². The van der Waals surface area contributed by atoms with Crippen LogP contribution in [0.3, 0.4) is 0 Å². The number of rotatable bonds is 1. The Morgan fingerprint density at radius 1 is 1.14 bits per heavy atom. The number of Topliss-reactive ketones (excluding diaryl/α,β-unsaturated/α-hetero) is 1. The highest BCUT2D eigenvalue weighted by Gasteiger charge is 2.16. The van der Waals surface area contributed by atoms with Gasteiger partial charge in [-0.1, -0.05) is 28.1 Å². The van der Waals surface area contributed by atoms with Gasteiger partial charge < -0.3 is 0 Å². The molecule has 1 aromatic carbocycles. The quantitative estimate of drug-likeness (QED) is 0.697. The van der Waals surface area contributed by atoms with Crippen molar-refractivity contribution in [1.82, 2.24) is 0 Å². The lowest BCUT2D eigenvalue weighted by Gasteiger charge is -1.96. The summed E-state index contributed by atoms with van der Waals surface area (Å²) in [4.78, 5) is 11.4. The molecule has 0 saturated heterocycles. The maximum Gasteiger partial charge on any atom is 0.158 e. The molecule has 0 bridgehead atoms. The van der Waals surface area contributed by atoms with Crippen molar-refractivity contribution >= 4 is 27.8 Å². The molecule has 0 amide bonds. The van der Waals surface area contributed by atoms with E-state index in [1.54, 1.807) is 0 Å². The highest BCUT2D eigenvalue weighted by atomic mass is 79.9. The molecule has 2 rings (SSSR count). The van der Waals surface area contributed by atoms with E-state index in [2.05, 4.69) is 15.9 Å². The highest BCUT2D eigenvalue weighted by Crippen LogP contribution is 2.23. The van der Waals surface area contributed by atoms with Crippen LogP contribution in [0.1, 0.15) is 24.8 Å². The zero-order chi connectivity index (χ0) is 9.97. The van der Waals surface area contributed by atoms with Gasteiger partial charge in [0.2, 0.25) is 0 Å². The second-order valence-electron chi connectivity index (χ2n) is 3.50. The van der Waals surface area contributed by atoms with Crippen LogP contribution >= 0.6 is 15.9 Å². The van der Waals surface area contributed by atoms with Crippen LogP contribution in [0.5, 0.6) is 0 Å². The molecule has 0 radical (unpaired) electrons. The molecule has 1 saturated carbocycles. The highest BCUT2D eigenvalue weighted by molar-refractivity contribution is 9.10. The molecular weight excluding hydrogens is 240 g/mol. The normalized spacial score (nSPS) is 19.2. The lowest BCUT2D eigenvalue weighted by molar-refractivity contribution is -0.114. The van der Waals surface area contributed by atoms with E-state index in [1.807, 2.05) is 30.3 Å². The Kier molecular flexibility index (Phi) is 2.82. The zero-order valence-corrected chi connectivity index (χ0v) is 9.38. The van der Waals surface area contributed by atoms with Crippen molar-refractivity contribution < 1.29 is 4.79 Å². The Bertz CT molecular complexity index is 376. The summed E-state index contributed by atoms with van der Waals surface area (Å²) in [6.45, 7) is 0. The molecule has 0 unspecified atom stereocenters. The maximum absolute atomic E-state index is 11.4. The summed E-state index contributed by atoms with van der Waals surface area (Å²) in [6, 6.07) is 8.02. The third kappa shape index (κ3) is 2.13. The van der Waals surface area contributed by atoms with Gasteiger partial charge in [0.05, 0.1) is 0 Å². The van der Waals surface area contributed by atoms with E-state index >= 15 is 0 Å². The van der Waals surface area contributed by atoms with E-state index in [9.17, 15) is 4.79 Å². The monoisotopic (exact) mass is 250 g/mol. The first-order valence-electron chi connectivity index (χ1n) is 4.75. The predicted octanol–water partition coefficient (Wildman–Crippen LogP) is 3.59. The van der Waals surface area contributed by atoms with Crippen molar-refractivity contribution in [3.63, 3.8) is 0 Å². The van der Waals surface area contributed by atoms with Gasteiger partial charge >= 0.3 is 0 Å². The van der Waals surface area contributed by atoms with Crippen LogP contribution in [0, 0.1) is 0 Å². The van der Waals surface area contributed by atoms with Gasteiger partial charge in [0.25, 0.3) is 0 Å². The first-order valence-corrected chi connectivity index (χ1v) is 5.54. The summed E-state index contributed by atoms with van der Waals surface area (Å²) in [7, 11) is 0. The number of halogens is 1. The van der Waals surface area contributed by atoms with Crippen molar-refractivity contribution in [3.05, 3.63) is 39.9 Å². The van der Waals surface area contributed by atoms with Crippen molar-refractivity contribution in [2.45, 2.75) is 19.3 Å². The van der Waals surface area contributed by atoms with Crippen molar-refractivity contribution in [3.8, 4) is 0 Å². The molecule has 0 aromatic heterocycles. The maximum atomic E-state index is 11.4. The third-order valence-corrected chi connectivity index (χ3v) is 2.95. The average Bonchev–Trinajstić information content (AvgIpc) is 2.56. The fourth-order valence-electron chi connectivity index (χ4n) is 1.65. The van der Waals surface area contributed by atoms with Crippen LogP contribution in [0.15, 0.2) is 34.3 Å². The number of allylic oxidation sites excluding steroid dienone is 1. The number of hydrogen-bond donors (Lipinski definition) is 0. The number of carbonyl (C=O) groups excluding carboxylic acids is 1. The molecule has 1 aromatic rings. The summed E-state index contributed by atoms with van der Waals surface area (Å²) in [5.41, 5.74) is 2.09. The van der Waals surface area contributed by atoms with Gasteiger partial charge in [0, 0.05) is 10.9 Å². The summed E-state index contributed by atoms with van der Waals surface area (Å²) >= 11 is 3.38. The van der Waals surface area contributed by atoms with Gasteiger partial charge in [-0.25, -0.2) is 0 Å². The number of carbonyl (C=O) groups is 1.